The van der Waals surface area contributed by atoms with Crippen molar-refractivity contribution in [3.8, 4) is 0 Å². The van der Waals surface area contributed by atoms with Crippen molar-refractivity contribution in [2.75, 3.05) is 12.4 Å². The van der Waals surface area contributed by atoms with Crippen molar-refractivity contribution >= 4 is 17.6 Å². The van der Waals surface area contributed by atoms with Gasteiger partial charge in [-0.3, -0.25) is 9.59 Å². The van der Waals surface area contributed by atoms with Crippen LogP contribution in [0, 0.1) is 24.6 Å². The van der Waals surface area contributed by atoms with Crippen LogP contribution in [0.2, 0.25) is 0 Å². The number of rotatable bonds is 5. The summed E-state index contributed by atoms with van der Waals surface area (Å²) in [6.07, 6.45) is 8.40. The maximum Gasteiger partial charge on any atom is 0.311 e. The second-order valence-corrected chi connectivity index (χ2v) is 10.5. The number of methoxy groups -OCH3 is 1. The fourth-order valence-electron chi connectivity index (χ4n) is 6.67. The van der Waals surface area contributed by atoms with Crippen LogP contribution in [0.25, 0.3) is 0 Å². The average Bonchev–Trinajstić information content (AvgIpc) is 3.54. The summed E-state index contributed by atoms with van der Waals surface area (Å²) in [5, 5.41) is 3.61. The molecule has 35 heavy (non-hydrogen) atoms. The number of aryl methyl sites for hydroxylation is 1. The van der Waals surface area contributed by atoms with Crippen LogP contribution in [0.15, 0.2) is 42.5 Å². The van der Waals surface area contributed by atoms with Crippen molar-refractivity contribution in [2.24, 2.45) is 11.8 Å². The molecule has 5 rings (SSSR count). The van der Waals surface area contributed by atoms with E-state index in [0.717, 1.165) is 30.5 Å². The van der Waals surface area contributed by atoms with Gasteiger partial charge in [0.1, 0.15) is 5.82 Å². The lowest BCUT2D eigenvalue weighted by molar-refractivity contribution is -0.151. The molecule has 0 radical (unpaired) electrons. The Bertz CT molecular complexity index is 1060. The summed E-state index contributed by atoms with van der Waals surface area (Å²) in [5.74, 6) is -1.42. The third-order valence-corrected chi connectivity index (χ3v) is 8.37. The summed E-state index contributed by atoms with van der Waals surface area (Å²) >= 11 is 0. The molecule has 1 amide bonds. The van der Waals surface area contributed by atoms with Crippen LogP contribution in [0.5, 0.6) is 0 Å². The highest BCUT2D eigenvalue weighted by Gasteiger charge is 2.50. The number of ether oxygens (including phenoxy) is 1. The Morgan fingerprint density at radius 2 is 1.74 bits per heavy atom. The molecular weight excluding hydrogens is 443 g/mol. The van der Waals surface area contributed by atoms with E-state index in [1.54, 1.807) is 19.1 Å². The van der Waals surface area contributed by atoms with Crippen LogP contribution in [0.4, 0.5) is 10.1 Å². The smallest absolute Gasteiger partial charge is 0.311 e. The van der Waals surface area contributed by atoms with Crippen LogP contribution in [0.1, 0.15) is 78.9 Å². The van der Waals surface area contributed by atoms with E-state index in [-0.39, 0.29) is 29.4 Å². The van der Waals surface area contributed by atoms with Gasteiger partial charge in [0, 0.05) is 17.8 Å². The Morgan fingerprint density at radius 1 is 1.00 bits per heavy atom. The first kappa shape index (κ1) is 23.8. The fourth-order valence-corrected chi connectivity index (χ4v) is 6.67. The Kier molecular flexibility index (Phi) is 6.81. The van der Waals surface area contributed by atoms with Crippen molar-refractivity contribution in [3.05, 3.63) is 65.0 Å². The summed E-state index contributed by atoms with van der Waals surface area (Å²) in [6, 6.07) is 12.8. The average molecular weight is 479 g/mol. The molecule has 0 aromatic heterocycles. The highest BCUT2D eigenvalue weighted by atomic mass is 19.1. The van der Waals surface area contributed by atoms with E-state index in [4.69, 9.17) is 4.74 Å². The fraction of sp³-hybridized carbons (Fsp3) is 0.517. The van der Waals surface area contributed by atoms with E-state index in [0.29, 0.717) is 18.0 Å². The molecule has 3 fully saturated rings. The molecule has 2 aliphatic carbocycles. The van der Waals surface area contributed by atoms with Crippen LogP contribution in [-0.2, 0) is 9.53 Å². The summed E-state index contributed by atoms with van der Waals surface area (Å²) in [7, 11) is 1.40. The molecule has 0 spiro atoms. The highest BCUT2D eigenvalue weighted by molar-refractivity contribution is 5.97. The Labute approximate surface area is 207 Å². The first-order chi connectivity index (χ1) is 17.0. The molecule has 2 aromatic rings. The van der Waals surface area contributed by atoms with Crippen molar-refractivity contribution in [3.63, 3.8) is 0 Å². The van der Waals surface area contributed by atoms with Gasteiger partial charge in [0.25, 0.3) is 5.91 Å². The van der Waals surface area contributed by atoms with Gasteiger partial charge in [-0.2, -0.15) is 0 Å². The van der Waals surface area contributed by atoms with E-state index in [9.17, 15) is 14.0 Å². The molecule has 186 valence electrons. The molecule has 3 aliphatic rings. The second kappa shape index (κ2) is 10.00. The number of esters is 1. The predicted molar refractivity (Wildman–Crippen MR) is 134 cm³/mol. The zero-order valence-electron chi connectivity index (χ0n) is 20.6. The number of amides is 1. The lowest BCUT2D eigenvalue weighted by Crippen LogP contribution is -2.53. The van der Waals surface area contributed by atoms with Crippen molar-refractivity contribution in [1.82, 2.24) is 4.90 Å². The number of benzene rings is 2. The second-order valence-electron chi connectivity index (χ2n) is 10.5. The van der Waals surface area contributed by atoms with Crippen molar-refractivity contribution in [2.45, 2.75) is 76.4 Å². The minimum Gasteiger partial charge on any atom is -0.469 e. The van der Waals surface area contributed by atoms with Gasteiger partial charge in [-0.25, -0.2) is 4.39 Å². The Hall–Kier alpha value is -2.89. The van der Waals surface area contributed by atoms with Crippen molar-refractivity contribution < 1.29 is 18.7 Å². The lowest BCUT2D eigenvalue weighted by atomic mass is 9.76. The molecule has 2 saturated carbocycles. The van der Waals surface area contributed by atoms with Gasteiger partial charge in [0.05, 0.1) is 24.6 Å². The van der Waals surface area contributed by atoms with Crippen LogP contribution >= 0.6 is 0 Å². The summed E-state index contributed by atoms with van der Waals surface area (Å²) in [4.78, 5) is 28.9. The number of nitrogens with one attached hydrogen (secondary N) is 1. The number of likely N-dealkylation sites (tertiary alicyclic amines) is 1. The molecule has 5 nitrogen and oxygen atoms in total. The number of nitrogens with zero attached hydrogens (tertiary/aromatic N) is 1. The first-order valence-corrected chi connectivity index (χ1v) is 13.0. The van der Waals surface area contributed by atoms with E-state index in [1.807, 2.05) is 29.2 Å². The topological polar surface area (TPSA) is 58.6 Å². The molecule has 1 saturated heterocycles. The monoisotopic (exact) mass is 478 g/mol. The number of fused-ring (bicyclic) bond motifs is 1. The minimum atomic E-state index is -0.514. The summed E-state index contributed by atoms with van der Waals surface area (Å²) in [5.41, 5.74) is 2.66. The van der Waals surface area contributed by atoms with Gasteiger partial charge in [-0.05, 0) is 74.3 Å². The predicted octanol–water partition coefficient (Wildman–Crippen LogP) is 6.03. The molecule has 4 unspecified atom stereocenters. The maximum absolute atomic E-state index is 15.0. The third-order valence-electron chi connectivity index (χ3n) is 8.37. The summed E-state index contributed by atoms with van der Waals surface area (Å²) in [6.45, 7) is 1.77. The van der Waals surface area contributed by atoms with Gasteiger partial charge in [-0.1, -0.05) is 43.5 Å². The Balaban J connectivity index is 1.54. The van der Waals surface area contributed by atoms with Gasteiger partial charge >= 0.3 is 5.97 Å². The molecule has 6 heteroatoms. The van der Waals surface area contributed by atoms with E-state index in [1.165, 1.54) is 38.9 Å². The van der Waals surface area contributed by atoms with E-state index in [2.05, 4.69) is 5.32 Å². The van der Waals surface area contributed by atoms with E-state index < -0.39 is 17.8 Å². The normalized spacial score (nSPS) is 26.4. The number of hydrogen-bond acceptors (Lipinski definition) is 4. The van der Waals surface area contributed by atoms with Crippen molar-refractivity contribution in [1.29, 1.82) is 0 Å². The standard InChI is InChI=1S/C29H35FN2O3/c1-18-7-5-11-24(30)26(18)28(33)32-25-12-6-8-20(25)17-23(29(34)35-2)27(32)19-13-15-22(16-14-19)31-21-9-3-4-10-21/h5,7,11,13-16,20-21,23,25,27,31H,3-4,6,8-10,12,17H2,1-2H3. The number of halogens is 1. The molecule has 2 aromatic carbocycles. The number of carbonyl (C=O) groups is 2. The molecule has 1 heterocycles. The van der Waals surface area contributed by atoms with Crippen LogP contribution < -0.4 is 5.32 Å². The van der Waals surface area contributed by atoms with Gasteiger partial charge in [0.15, 0.2) is 0 Å². The minimum absolute atomic E-state index is 0.0105. The quantitative estimate of drug-likeness (QED) is 0.533. The molecule has 1 N–H and O–H groups in total. The van der Waals surface area contributed by atoms with Gasteiger partial charge in [0.2, 0.25) is 0 Å². The van der Waals surface area contributed by atoms with Gasteiger partial charge in [-0.15, -0.1) is 0 Å². The molecule has 4 atom stereocenters. The maximum atomic E-state index is 15.0. The molecular formula is C29H35FN2O3. The Morgan fingerprint density at radius 3 is 2.43 bits per heavy atom. The van der Waals surface area contributed by atoms with Gasteiger partial charge < -0.3 is 15.0 Å². The zero-order chi connectivity index (χ0) is 24.5. The van der Waals surface area contributed by atoms with E-state index >= 15 is 0 Å². The number of piperidine rings is 1. The number of hydrogen-bond donors (Lipinski definition) is 1. The van der Waals surface area contributed by atoms with Crippen LogP contribution in [0.3, 0.4) is 0 Å². The number of anilines is 1. The SMILES string of the molecule is COC(=O)C1CC2CCCC2N(C(=O)c2c(C)cccc2F)C1c1ccc(NC2CCCC2)cc1. The first-order valence-electron chi connectivity index (χ1n) is 13.0. The zero-order valence-corrected chi connectivity index (χ0v) is 20.6. The largest absolute Gasteiger partial charge is 0.469 e. The highest BCUT2D eigenvalue weighted by Crippen LogP contribution is 2.49. The number of carbonyl (C=O) groups excluding carboxylic acids is 2. The molecule has 1 aliphatic heterocycles. The summed E-state index contributed by atoms with van der Waals surface area (Å²) < 4.78 is 20.2. The lowest BCUT2D eigenvalue weighted by Gasteiger charge is -2.47. The van der Waals surface area contributed by atoms with Crippen LogP contribution in [-0.4, -0.2) is 36.0 Å². The molecule has 0 bridgehead atoms. The third kappa shape index (κ3) is 4.55.